The van der Waals surface area contributed by atoms with Crippen molar-refractivity contribution in [2.75, 3.05) is 0 Å². The molecule has 0 bridgehead atoms. The van der Waals surface area contributed by atoms with Gasteiger partial charge in [0.1, 0.15) is 0 Å². The number of nitrogens with zero attached hydrogens (tertiary/aromatic N) is 2. The fourth-order valence-corrected chi connectivity index (χ4v) is 0.757. The maximum absolute atomic E-state index is 10.3. The van der Waals surface area contributed by atoms with Crippen LogP contribution in [0.3, 0.4) is 0 Å². The van der Waals surface area contributed by atoms with Gasteiger partial charge in [0.2, 0.25) is 0 Å². The number of carboxylic acids is 1. The van der Waals surface area contributed by atoms with E-state index in [0.717, 1.165) is 5.69 Å². The molecule has 1 aromatic heterocycles. The van der Waals surface area contributed by atoms with Gasteiger partial charge >= 0.3 is 0 Å². The molecule has 4 heteroatoms. The average molecular weight is 153 g/mol. The summed E-state index contributed by atoms with van der Waals surface area (Å²) in [7, 11) is 0. The molecule has 0 amide bonds. The highest BCUT2D eigenvalue weighted by molar-refractivity contribution is 5.68. The van der Waals surface area contributed by atoms with E-state index in [-0.39, 0.29) is 0 Å². The molecule has 0 radical (unpaired) electrons. The van der Waals surface area contributed by atoms with Crippen LogP contribution in [0.1, 0.15) is 18.7 Å². The van der Waals surface area contributed by atoms with Crippen LogP contribution in [0.4, 0.5) is 0 Å². The molecule has 0 aromatic carbocycles. The fourth-order valence-electron chi connectivity index (χ4n) is 0.757. The van der Waals surface area contributed by atoms with Gasteiger partial charge in [-0.3, -0.25) is 4.68 Å². The molecule has 1 rings (SSSR count). The number of aromatic nitrogens is 2. The summed E-state index contributed by atoms with van der Waals surface area (Å²) in [6, 6.07) is 1.06. The second-order valence-corrected chi connectivity index (χ2v) is 2.43. The molecule has 0 saturated carbocycles. The molecule has 1 aromatic rings. The van der Waals surface area contributed by atoms with Gasteiger partial charge < -0.3 is 9.90 Å². The Morgan fingerprint density at radius 1 is 1.82 bits per heavy atom. The summed E-state index contributed by atoms with van der Waals surface area (Å²) in [5.74, 6) is -1.12. The van der Waals surface area contributed by atoms with Gasteiger partial charge in [0.25, 0.3) is 0 Å². The van der Waals surface area contributed by atoms with Crippen LogP contribution in [0, 0.1) is 6.92 Å². The van der Waals surface area contributed by atoms with Crippen LogP contribution in [0.5, 0.6) is 0 Å². The average Bonchev–Trinajstić information content (AvgIpc) is 2.34. The van der Waals surface area contributed by atoms with Crippen molar-refractivity contribution < 1.29 is 9.90 Å². The van der Waals surface area contributed by atoms with E-state index in [1.54, 1.807) is 19.2 Å². The van der Waals surface area contributed by atoms with Crippen molar-refractivity contribution in [2.45, 2.75) is 19.9 Å². The van der Waals surface area contributed by atoms with E-state index in [1.165, 1.54) is 11.6 Å². The Kier molecular flexibility index (Phi) is 1.94. The molecule has 0 N–H and O–H groups in total. The van der Waals surface area contributed by atoms with Crippen molar-refractivity contribution in [3.05, 3.63) is 18.0 Å². The van der Waals surface area contributed by atoms with Gasteiger partial charge in [0.05, 0.1) is 17.7 Å². The van der Waals surface area contributed by atoms with E-state index in [4.69, 9.17) is 0 Å². The van der Waals surface area contributed by atoms with Crippen molar-refractivity contribution >= 4 is 5.97 Å². The number of rotatable bonds is 2. The summed E-state index contributed by atoms with van der Waals surface area (Å²) in [6.45, 7) is 3.33. The lowest BCUT2D eigenvalue weighted by Crippen LogP contribution is -2.31. The van der Waals surface area contributed by atoms with Crippen LogP contribution in [0.2, 0.25) is 0 Å². The second-order valence-electron chi connectivity index (χ2n) is 2.43. The minimum atomic E-state index is -1.12. The highest BCUT2D eigenvalue weighted by Crippen LogP contribution is 2.02. The fraction of sp³-hybridized carbons (Fsp3) is 0.429. The Bertz CT molecular complexity index is 267. The van der Waals surface area contributed by atoms with Crippen LogP contribution < -0.4 is 5.11 Å². The Labute approximate surface area is 64.5 Å². The number of hydrogen-bond acceptors (Lipinski definition) is 3. The summed E-state index contributed by atoms with van der Waals surface area (Å²) in [4.78, 5) is 10.3. The largest absolute Gasteiger partial charge is 0.548 e. The third-order valence-corrected chi connectivity index (χ3v) is 1.48. The van der Waals surface area contributed by atoms with Crippen molar-refractivity contribution in [2.24, 2.45) is 0 Å². The zero-order chi connectivity index (χ0) is 8.43. The van der Waals surface area contributed by atoms with Crippen LogP contribution in [-0.2, 0) is 4.79 Å². The molecule has 0 spiro atoms. The summed E-state index contributed by atoms with van der Waals surface area (Å²) >= 11 is 0. The molecule has 0 unspecified atom stereocenters. The van der Waals surface area contributed by atoms with E-state index in [2.05, 4.69) is 5.10 Å². The van der Waals surface area contributed by atoms with Gasteiger partial charge in [-0.05, 0) is 19.9 Å². The lowest BCUT2D eigenvalue weighted by Gasteiger charge is -2.12. The van der Waals surface area contributed by atoms with Crippen molar-refractivity contribution in [3.63, 3.8) is 0 Å². The number of aryl methyl sites for hydroxylation is 1. The highest BCUT2D eigenvalue weighted by Gasteiger charge is 2.04. The van der Waals surface area contributed by atoms with Gasteiger partial charge in [0.15, 0.2) is 0 Å². The predicted molar refractivity (Wildman–Crippen MR) is 36.7 cm³/mol. The first-order valence-electron chi connectivity index (χ1n) is 3.34. The van der Waals surface area contributed by atoms with Gasteiger partial charge in [0, 0.05) is 6.20 Å². The van der Waals surface area contributed by atoms with Gasteiger partial charge in [-0.15, -0.1) is 0 Å². The van der Waals surface area contributed by atoms with Crippen LogP contribution in [0.15, 0.2) is 12.3 Å². The highest BCUT2D eigenvalue weighted by atomic mass is 16.4. The van der Waals surface area contributed by atoms with E-state index in [1.807, 2.05) is 0 Å². The second kappa shape index (κ2) is 2.74. The molecule has 1 atom stereocenters. The smallest absolute Gasteiger partial charge is 0.0884 e. The van der Waals surface area contributed by atoms with E-state index >= 15 is 0 Å². The first kappa shape index (κ1) is 7.78. The minimum Gasteiger partial charge on any atom is -0.548 e. The zero-order valence-electron chi connectivity index (χ0n) is 6.44. The molecule has 0 aliphatic heterocycles. The quantitative estimate of drug-likeness (QED) is 0.575. The Morgan fingerprint density at radius 3 is 2.82 bits per heavy atom. The first-order valence-corrected chi connectivity index (χ1v) is 3.34. The zero-order valence-corrected chi connectivity index (χ0v) is 6.44. The molecule has 11 heavy (non-hydrogen) atoms. The third kappa shape index (κ3) is 1.58. The van der Waals surface area contributed by atoms with E-state index < -0.39 is 12.0 Å². The van der Waals surface area contributed by atoms with E-state index in [0.29, 0.717) is 0 Å². The number of aliphatic carboxylic acids is 1. The van der Waals surface area contributed by atoms with Crippen LogP contribution >= 0.6 is 0 Å². The molecule has 60 valence electrons. The third-order valence-electron chi connectivity index (χ3n) is 1.48. The number of hydrogen-bond donors (Lipinski definition) is 0. The number of carbonyl (C=O) groups is 1. The van der Waals surface area contributed by atoms with E-state index in [9.17, 15) is 9.90 Å². The molecular formula is C7H9N2O2-. The lowest BCUT2D eigenvalue weighted by molar-refractivity contribution is -0.310. The van der Waals surface area contributed by atoms with Crippen molar-refractivity contribution in [3.8, 4) is 0 Å². The Balaban J connectivity index is 2.84. The molecule has 0 aliphatic rings. The summed E-state index contributed by atoms with van der Waals surface area (Å²) in [5.41, 5.74) is 0.804. The molecule has 1 heterocycles. The van der Waals surface area contributed by atoms with Crippen molar-refractivity contribution in [1.82, 2.24) is 9.78 Å². The van der Waals surface area contributed by atoms with Gasteiger partial charge in [-0.2, -0.15) is 5.10 Å². The predicted octanol–water partition coefficient (Wildman–Crippen LogP) is -0.498. The Hall–Kier alpha value is -1.32. The minimum absolute atomic E-state index is 0.691. The van der Waals surface area contributed by atoms with Crippen LogP contribution in [-0.4, -0.2) is 15.7 Å². The topological polar surface area (TPSA) is 58.0 Å². The number of carbonyl (C=O) groups excluding carboxylic acids is 1. The molecule has 0 saturated heterocycles. The summed E-state index contributed by atoms with van der Waals surface area (Å²) < 4.78 is 1.37. The van der Waals surface area contributed by atoms with Crippen molar-refractivity contribution in [1.29, 1.82) is 0 Å². The van der Waals surface area contributed by atoms with Gasteiger partial charge in [-0.1, -0.05) is 0 Å². The monoisotopic (exact) mass is 153 g/mol. The SMILES string of the molecule is Cc1ccn([C@@H](C)C(=O)[O-])n1. The summed E-state index contributed by atoms with van der Waals surface area (Å²) in [6.07, 6.45) is 1.62. The maximum atomic E-state index is 10.3. The maximum Gasteiger partial charge on any atom is 0.0884 e. The summed E-state index contributed by atoms with van der Waals surface area (Å²) in [5, 5.41) is 14.3. The van der Waals surface area contributed by atoms with Crippen LogP contribution in [0.25, 0.3) is 0 Å². The molecule has 0 aliphatic carbocycles. The number of carboxylic acid groups (broad SMARTS) is 1. The standard InChI is InChI=1S/C7H10N2O2/c1-5-3-4-9(8-5)6(2)7(10)11/h3-4,6H,1-2H3,(H,10,11)/p-1/t6-/m0/s1. The lowest BCUT2D eigenvalue weighted by atomic mass is 10.4. The first-order chi connectivity index (χ1) is 5.11. The normalized spacial score (nSPS) is 12.9. The molecule has 4 nitrogen and oxygen atoms in total. The van der Waals surface area contributed by atoms with Gasteiger partial charge in [-0.25, -0.2) is 0 Å². The Morgan fingerprint density at radius 2 is 2.45 bits per heavy atom. The molecular weight excluding hydrogens is 144 g/mol. The molecule has 0 fully saturated rings.